The zero-order valence-corrected chi connectivity index (χ0v) is 10.0. The number of aromatic carboxylic acids is 1. The minimum atomic E-state index is -4.54. The van der Waals surface area contributed by atoms with E-state index in [1.807, 2.05) is 0 Å². The maximum absolute atomic E-state index is 13.0. The number of ether oxygens (including phenoxy) is 1. The van der Waals surface area contributed by atoms with E-state index < -0.39 is 17.7 Å². The summed E-state index contributed by atoms with van der Waals surface area (Å²) in [7, 11) is 0. The molecule has 1 aromatic carbocycles. The van der Waals surface area contributed by atoms with Crippen molar-refractivity contribution in [3.05, 3.63) is 34.9 Å². The van der Waals surface area contributed by atoms with Gasteiger partial charge in [-0.05, 0) is 36.5 Å². The fourth-order valence-corrected chi connectivity index (χ4v) is 2.30. The Balaban J connectivity index is 2.44. The van der Waals surface area contributed by atoms with Crippen molar-refractivity contribution in [3.8, 4) is 0 Å². The van der Waals surface area contributed by atoms with Gasteiger partial charge in [0.1, 0.15) is 0 Å². The number of carboxylic acid groups (broad SMARTS) is 1. The molecule has 0 radical (unpaired) electrons. The van der Waals surface area contributed by atoms with E-state index in [0.717, 1.165) is 0 Å². The lowest BCUT2D eigenvalue weighted by Crippen LogP contribution is -2.19. The smallest absolute Gasteiger partial charge is 0.416 e. The van der Waals surface area contributed by atoms with Gasteiger partial charge < -0.3 is 9.84 Å². The Kier molecular flexibility index (Phi) is 3.80. The number of benzene rings is 1. The van der Waals surface area contributed by atoms with E-state index in [-0.39, 0.29) is 17.0 Å². The molecule has 0 aliphatic carbocycles. The van der Waals surface area contributed by atoms with E-state index in [2.05, 4.69) is 0 Å². The van der Waals surface area contributed by atoms with Gasteiger partial charge in [-0.1, -0.05) is 6.07 Å². The van der Waals surface area contributed by atoms with Crippen molar-refractivity contribution >= 4 is 5.97 Å². The van der Waals surface area contributed by atoms with Crippen molar-refractivity contribution in [2.24, 2.45) is 0 Å². The summed E-state index contributed by atoms with van der Waals surface area (Å²) in [5, 5.41) is 8.79. The van der Waals surface area contributed by atoms with Crippen LogP contribution in [0.25, 0.3) is 0 Å². The molecule has 1 fully saturated rings. The first-order valence-electron chi connectivity index (χ1n) is 5.92. The van der Waals surface area contributed by atoms with Crippen LogP contribution in [0.1, 0.15) is 40.2 Å². The molecule has 0 aromatic heterocycles. The quantitative estimate of drug-likeness (QED) is 0.900. The molecule has 1 aromatic rings. The van der Waals surface area contributed by atoms with Crippen LogP contribution in [0.4, 0.5) is 13.2 Å². The number of hydrogen-bond donors (Lipinski definition) is 1. The van der Waals surface area contributed by atoms with Crippen LogP contribution < -0.4 is 0 Å². The number of halogens is 3. The van der Waals surface area contributed by atoms with E-state index in [1.165, 1.54) is 12.1 Å². The average molecular weight is 274 g/mol. The number of carboxylic acids is 1. The van der Waals surface area contributed by atoms with Gasteiger partial charge in [0.05, 0.1) is 11.1 Å². The van der Waals surface area contributed by atoms with Gasteiger partial charge in [0.2, 0.25) is 0 Å². The van der Waals surface area contributed by atoms with Gasteiger partial charge in [-0.25, -0.2) is 4.79 Å². The van der Waals surface area contributed by atoms with Crippen LogP contribution >= 0.6 is 0 Å². The molecule has 0 spiro atoms. The summed E-state index contributed by atoms with van der Waals surface area (Å²) in [5.74, 6) is -1.59. The van der Waals surface area contributed by atoms with E-state index in [4.69, 9.17) is 9.84 Å². The Morgan fingerprint density at radius 3 is 2.42 bits per heavy atom. The predicted molar refractivity (Wildman–Crippen MR) is 61.2 cm³/mol. The van der Waals surface area contributed by atoms with Crippen LogP contribution in [0.3, 0.4) is 0 Å². The molecule has 1 aliphatic heterocycles. The molecule has 0 saturated carbocycles. The first kappa shape index (κ1) is 13.9. The van der Waals surface area contributed by atoms with Crippen molar-refractivity contribution < 1.29 is 27.8 Å². The Morgan fingerprint density at radius 1 is 1.26 bits per heavy atom. The molecule has 1 saturated heterocycles. The van der Waals surface area contributed by atoms with Crippen LogP contribution in [0.5, 0.6) is 0 Å². The van der Waals surface area contributed by atoms with E-state index in [1.54, 1.807) is 0 Å². The minimum absolute atomic E-state index is 0.167. The number of rotatable bonds is 2. The molecule has 0 amide bonds. The minimum Gasteiger partial charge on any atom is -0.478 e. The normalized spacial score (nSPS) is 17.4. The largest absolute Gasteiger partial charge is 0.478 e. The third kappa shape index (κ3) is 3.07. The molecule has 0 atom stereocenters. The van der Waals surface area contributed by atoms with Crippen molar-refractivity contribution in [1.29, 1.82) is 0 Å². The molecule has 1 heterocycles. The van der Waals surface area contributed by atoms with E-state index in [0.29, 0.717) is 32.1 Å². The molecule has 6 heteroatoms. The first-order valence-corrected chi connectivity index (χ1v) is 5.92. The van der Waals surface area contributed by atoms with Gasteiger partial charge >= 0.3 is 12.1 Å². The molecular formula is C13H13F3O3. The molecule has 2 rings (SSSR count). The highest BCUT2D eigenvalue weighted by atomic mass is 19.4. The van der Waals surface area contributed by atoms with Gasteiger partial charge in [-0.2, -0.15) is 13.2 Å². The highest BCUT2D eigenvalue weighted by Gasteiger charge is 2.36. The van der Waals surface area contributed by atoms with E-state index >= 15 is 0 Å². The first-order chi connectivity index (χ1) is 8.89. The number of carbonyl (C=O) groups is 1. The summed E-state index contributed by atoms with van der Waals surface area (Å²) in [4.78, 5) is 10.8. The molecular weight excluding hydrogens is 261 g/mol. The van der Waals surface area contributed by atoms with Crippen molar-refractivity contribution in [2.45, 2.75) is 24.9 Å². The number of hydrogen-bond acceptors (Lipinski definition) is 2. The van der Waals surface area contributed by atoms with Crippen molar-refractivity contribution in [3.63, 3.8) is 0 Å². The highest BCUT2D eigenvalue weighted by Crippen LogP contribution is 2.38. The monoisotopic (exact) mass is 274 g/mol. The zero-order chi connectivity index (χ0) is 14.0. The topological polar surface area (TPSA) is 46.5 Å². The Labute approximate surface area is 108 Å². The predicted octanol–water partition coefficient (Wildman–Crippen LogP) is 3.30. The van der Waals surface area contributed by atoms with Crippen LogP contribution in [0.15, 0.2) is 18.2 Å². The van der Waals surface area contributed by atoms with E-state index in [9.17, 15) is 18.0 Å². The second-order valence-electron chi connectivity index (χ2n) is 4.49. The van der Waals surface area contributed by atoms with Crippen LogP contribution in [0.2, 0.25) is 0 Å². The molecule has 1 aliphatic rings. The Bertz CT molecular complexity index is 477. The summed E-state index contributed by atoms with van der Waals surface area (Å²) in [6.07, 6.45) is -3.50. The van der Waals surface area contributed by atoms with Gasteiger partial charge in [0.25, 0.3) is 0 Å². The highest BCUT2D eigenvalue weighted by molar-refractivity contribution is 5.88. The molecule has 19 heavy (non-hydrogen) atoms. The summed E-state index contributed by atoms with van der Waals surface area (Å²) in [6.45, 7) is 0.866. The molecule has 3 nitrogen and oxygen atoms in total. The van der Waals surface area contributed by atoms with Crippen molar-refractivity contribution in [2.75, 3.05) is 13.2 Å². The average Bonchev–Trinajstić information content (AvgIpc) is 2.38. The molecule has 0 bridgehead atoms. The van der Waals surface area contributed by atoms with Gasteiger partial charge in [-0.15, -0.1) is 0 Å². The summed E-state index contributed by atoms with van der Waals surface area (Å²) in [5.41, 5.74) is -1.02. The maximum Gasteiger partial charge on any atom is 0.416 e. The van der Waals surface area contributed by atoms with Crippen LogP contribution in [-0.2, 0) is 10.9 Å². The summed E-state index contributed by atoms with van der Waals surface area (Å²) in [6, 6.07) is 3.22. The Morgan fingerprint density at radius 2 is 1.89 bits per heavy atom. The second kappa shape index (κ2) is 5.21. The second-order valence-corrected chi connectivity index (χ2v) is 4.49. The van der Waals surface area contributed by atoms with Gasteiger partial charge in [0.15, 0.2) is 0 Å². The maximum atomic E-state index is 13.0. The third-order valence-corrected chi connectivity index (χ3v) is 3.27. The van der Waals surface area contributed by atoms with Gasteiger partial charge in [-0.3, -0.25) is 0 Å². The van der Waals surface area contributed by atoms with Crippen LogP contribution in [-0.4, -0.2) is 24.3 Å². The number of alkyl halides is 3. The zero-order valence-electron chi connectivity index (χ0n) is 10.0. The summed E-state index contributed by atoms with van der Waals surface area (Å²) < 4.78 is 44.2. The summed E-state index contributed by atoms with van der Waals surface area (Å²) >= 11 is 0. The standard InChI is InChI=1S/C13H13F3O3/c14-13(15,16)11-7-9(12(17)18)1-2-10(11)8-3-5-19-6-4-8/h1-2,7-8H,3-6H2,(H,17,18). The molecule has 104 valence electrons. The molecule has 0 unspecified atom stereocenters. The Hall–Kier alpha value is -1.56. The van der Waals surface area contributed by atoms with Gasteiger partial charge in [0, 0.05) is 13.2 Å². The fourth-order valence-electron chi connectivity index (χ4n) is 2.30. The fraction of sp³-hybridized carbons (Fsp3) is 0.462. The van der Waals surface area contributed by atoms with Crippen LogP contribution in [0, 0.1) is 0 Å². The third-order valence-electron chi connectivity index (χ3n) is 3.27. The van der Waals surface area contributed by atoms with Crippen molar-refractivity contribution in [1.82, 2.24) is 0 Å². The lowest BCUT2D eigenvalue weighted by Gasteiger charge is -2.25. The SMILES string of the molecule is O=C(O)c1ccc(C2CCOCC2)c(C(F)(F)F)c1. The lowest BCUT2D eigenvalue weighted by atomic mass is 9.87. The lowest BCUT2D eigenvalue weighted by molar-refractivity contribution is -0.138. The molecule has 1 N–H and O–H groups in total.